The van der Waals surface area contributed by atoms with E-state index in [2.05, 4.69) is 229 Å². The normalized spacial score (nSPS) is 14.8. The second-order valence-corrected chi connectivity index (χ2v) is 17.4. The molecule has 300 valence electrons. The molecule has 7 heteroatoms. The minimum atomic E-state index is -0.00715. The summed E-state index contributed by atoms with van der Waals surface area (Å²) in [6.07, 6.45) is 8.81. The predicted octanol–water partition coefficient (Wildman–Crippen LogP) is 13.4. The first-order valence-corrected chi connectivity index (χ1v) is 21.4. The predicted molar refractivity (Wildman–Crippen MR) is 258 cm³/mol. The summed E-state index contributed by atoms with van der Waals surface area (Å²) in [7, 11) is 0. The van der Waals surface area contributed by atoms with E-state index in [9.17, 15) is 0 Å². The molecular weight excluding hydrogens is 757 g/mol. The Labute approximate surface area is 363 Å². The molecule has 3 aliphatic rings. The van der Waals surface area contributed by atoms with Gasteiger partial charge in [0.05, 0.1) is 22.4 Å². The molecule has 6 aromatic carbocycles. The van der Waals surface area contributed by atoms with Crippen LogP contribution in [0, 0.1) is 6.92 Å². The number of aromatic nitrogens is 2. The zero-order valence-corrected chi connectivity index (χ0v) is 35.4. The van der Waals surface area contributed by atoms with Gasteiger partial charge in [0.1, 0.15) is 29.8 Å². The maximum Gasteiger partial charge on any atom is 0.314 e. The van der Waals surface area contributed by atoms with Gasteiger partial charge in [-0.1, -0.05) is 141 Å². The van der Waals surface area contributed by atoms with Gasteiger partial charge in [-0.15, -0.1) is 0 Å². The van der Waals surface area contributed by atoms with Crippen LogP contribution in [0.3, 0.4) is 0 Å². The lowest BCUT2D eigenvalue weighted by Gasteiger charge is -2.40. The van der Waals surface area contributed by atoms with E-state index in [-0.39, 0.29) is 12.3 Å². The number of ether oxygens (including phenoxy) is 1. The van der Waals surface area contributed by atoms with Crippen LogP contribution in [0.25, 0.3) is 38.8 Å². The Hall–Kier alpha value is -7.51. The molecule has 6 nitrogen and oxygen atoms in total. The standard InChI is InChI=1S/C55H46BN5O/c1-38-21-23-39(24-22-38)41-27-30-56-31-28-46(40-13-6-5-7-14-40)54(60(56)36-41)59-37-58(50-19-10-11-20-51(50)59)43-15-12-16-44(34-43)62-45-25-26-48-47-17-8-9-18-49(47)61(52(48)35-45)53-33-42(29-32-57-53)55(2,3)4/h5-36H,37H2,1-4H3. The number of aryl methyl sites for hydroxylation is 1. The van der Waals surface area contributed by atoms with Crippen molar-refractivity contribution in [2.24, 2.45) is 0 Å². The molecule has 0 saturated heterocycles. The minimum absolute atomic E-state index is 0.00715. The number of benzene rings is 6. The quantitative estimate of drug-likeness (QED) is 0.150. The maximum absolute atomic E-state index is 6.77. The monoisotopic (exact) mass is 803 g/mol. The van der Waals surface area contributed by atoms with Crippen LogP contribution < -0.4 is 14.5 Å². The van der Waals surface area contributed by atoms with E-state index in [1.54, 1.807) is 0 Å². The van der Waals surface area contributed by atoms with Crippen molar-refractivity contribution >= 4 is 56.9 Å². The van der Waals surface area contributed by atoms with Gasteiger partial charge in [-0.3, -0.25) is 4.57 Å². The van der Waals surface area contributed by atoms with E-state index in [1.165, 1.54) is 38.8 Å². The topological polar surface area (TPSA) is 36.8 Å². The first-order chi connectivity index (χ1) is 30.3. The summed E-state index contributed by atoms with van der Waals surface area (Å²) < 4.78 is 9.04. The van der Waals surface area contributed by atoms with E-state index >= 15 is 0 Å². The highest BCUT2D eigenvalue weighted by Crippen LogP contribution is 2.47. The molecule has 0 fully saturated rings. The Morgan fingerprint density at radius 3 is 2.16 bits per heavy atom. The van der Waals surface area contributed by atoms with E-state index in [0.717, 1.165) is 56.6 Å². The van der Waals surface area contributed by atoms with Crippen molar-refractivity contribution in [2.45, 2.75) is 33.1 Å². The molecule has 0 spiro atoms. The molecule has 0 radical (unpaired) electrons. The van der Waals surface area contributed by atoms with Crippen molar-refractivity contribution in [2.75, 3.05) is 16.5 Å². The zero-order chi connectivity index (χ0) is 42.0. The van der Waals surface area contributed by atoms with Gasteiger partial charge in [0.15, 0.2) is 0 Å². The number of rotatable bonds is 7. The third-order valence-corrected chi connectivity index (χ3v) is 12.3. The fourth-order valence-electron chi connectivity index (χ4n) is 9.12. The molecule has 8 aromatic rings. The highest BCUT2D eigenvalue weighted by Gasteiger charge is 2.37. The van der Waals surface area contributed by atoms with Crippen molar-refractivity contribution in [3.63, 3.8) is 0 Å². The third kappa shape index (κ3) is 6.58. The highest BCUT2D eigenvalue weighted by molar-refractivity contribution is 6.68. The molecule has 11 rings (SSSR count). The molecule has 5 heterocycles. The Kier molecular flexibility index (Phi) is 9.01. The average molecular weight is 804 g/mol. The summed E-state index contributed by atoms with van der Waals surface area (Å²) >= 11 is 0. The Bertz CT molecular complexity index is 3150. The fourth-order valence-corrected chi connectivity index (χ4v) is 9.12. The molecule has 0 N–H and O–H groups in total. The smallest absolute Gasteiger partial charge is 0.314 e. The second-order valence-electron chi connectivity index (χ2n) is 17.4. The Morgan fingerprint density at radius 1 is 0.613 bits per heavy atom. The van der Waals surface area contributed by atoms with Gasteiger partial charge in [0, 0.05) is 46.6 Å². The molecule has 0 amide bonds. The van der Waals surface area contributed by atoms with Crippen LogP contribution in [0.4, 0.5) is 17.1 Å². The zero-order valence-electron chi connectivity index (χ0n) is 35.4. The number of hydrogen-bond acceptors (Lipinski definition) is 5. The van der Waals surface area contributed by atoms with Gasteiger partial charge in [-0.2, -0.15) is 0 Å². The molecule has 2 aromatic heterocycles. The van der Waals surface area contributed by atoms with Crippen LogP contribution in [0.2, 0.25) is 0 Å². The van der Waals surface area contributed by atoms with Crippen molar-refractivity contribution in [3.8, 4) is 17.3 Å². The summed E-state index contributed by atoms with van der Waals surface area (Å²) in [6.45, 7) is 9.56. The van der Waals surface area contributed by atoms with Gasteiger partial charge in [-0.25, -0.2) is 4.98 Å². The molecule has 0 saturated carbocycles. The summed E-state index contributed by atoms with van der Waals surface area (Å²) in [4.78, 5) is 12.2. The first-order valence-electron chi connectivity index (χ1n) is 21.4. The van der Waals surface area contributed by atoms with Crippen LogP contribution in [0.1, 0.15) is 43.0 Å². The van der Waals surface area contributed by atoms with Crippen LogP contribution in [-0.4, -0.2) is 27.9 Å². The van der Waals surface area contributed by atoms with E-state index < -0.39 is 0 Å². The number of pyridine rings is 1. The number of hydrogen-bond donors (Lipinski definition) is 0. The summed E-state index contributed by atoms with van der Waals surface area (Å²) in [5, 5.41) is 2.34. The third-order valence-electron chi connectivity index (χ3n) is 12.3. The minimum Gasteiger partial charge on any atom is -0.457 e. The number of para-hydroxylation sites is 3. The molecular formula is C55H46BN5O. The molecule has 62 heavy (non-hydrogen) atoms. The first kappa shape index (κ1) is 37.5. The SMILES string of the molecule is Cc1ccc(C2=CN3B(C=C2)C=CC(c2ccccc2)=C3N2CN(c3cccc(Oc4ccc5c6ccccc6n(-c6cc(C(C)(C)C)ccn6)c5c4)c3)c3ccccc32)cc1. The van der Waals surface area contributed by atoms with Gasteiger partial charge in [0.2, 0.25) is 0 Å². The van der Waals surface area contributed by atoms with Crippen LogP contribution in [0.5, 0.6) is 11.5 Å². The molecule has 0 aliphatic carbocycles. The van der Waals surface area contributed by atoms with Gasteiger partial charge >= 0.3 is 6.85 Å². The van der Waals surface area contributed by atoms with Crippen molar-refractivity contribution in [1.82, 2.24) is 14.4 Å². The lowest BCUT2D eigenvalue weighted by atomic mass is 9.56. The number of anilines is 3. The van der Waals surface area contributed by atoms with Gasteiger partial charge < -0.3 is 19.3 Å². The lowest BCUT2D eigenvalue weighted by Crippen LogP contribution is -2.44. The second kappa shape index (κ2) is 14.9. The van der Waals surface area contributed by atoms with Crippen LogP contribution >= 0.6 is 0 Å². The maximum atomic E-state index is 6.77. The van der Waals surface area contributed by atoms with Gasteiger partial charge in [0.25, 0.3) is 0 Å². The van der Waals surface area contributed by atoms with E-state index in [4.69, 9.17) is 9.72 Å². The number of nitrogens with zero attached hydrogens (tertiary/aromatic N) is 5. The summed E-state index contributed by atoms with van der Waals surface area (Å²) in [6, 6.07) is 56.0. The Balaban J connectivity index is 0.964. The van der Waals surface area contributed by atoms with Crippen LogP contribution in [0.15, 0.2) is 200 Å². The molecule has 3 aliphatic heterocycles. The molecule has 0 unspecified atom stereocenters. The molecule has 0 atom stereocenters. The van der Waals surface area contributed by atoms with E-state index in [1.807, 2.05) is 12.3 Å². The van der Waals surface area contributed by atoms with Crippen molar-refractivity contribution < 1.29 is 4.74 Å². The highest BCUT2D eigenvalue weighted by atomic mass is 16.5. The van der Waals surface area contributed by atoms with Crippen molar-refractivity contribution in [3.05, 3.63) is 222 Å². The number of fused-ring (bicyclic) bond motifs is 5. The van der Waals surface area contributed by atoms with Crippen molar-refractivity contribution in [1.29, 1.82) is 0 Å². The average Bonchev–Trinajstić information content (AvgIpc) is 3.85. The Morgan fingerprint density at radius 2 is 1.34 bits per heavy atom. The summed E-state index contributed by atoms with van der Waals surface area (Å²) in [5.41, 5.74) is 12.7. The lowest BCUT2D eigenvalue weighted by molar-refractivity contribution is 0.483. The molecule has 0 bridgehead atoms. The fraction of sp³-hybridized carbons (Fsp3) is 0.109. The van der Waals surface area contributed by atoms with Gasteiger partial charge in [-0.05, 0) is 89.2 Å². The summed E-state index contributed by atoms with van der Waals surface area (Å²) in [5.74, 6) is 8.19. The van der Waals surface area contributed by atoms with Crippen LogP contribution in [-0.2, 0) is 5.41 Å². The van der Waals surface area contributed by atoms with E-state index in [0.29, 0.717) is 6.67 Å². The largest absolute Gasteiger partial charge is 0.457 e. The number of allylic oxidation sites excluding steroid dienone is 4.